The van der Waals surface area contributed by atoms with E-state index >= 15 is 0 Å². The maximum Gasteiger partial charge on any atom is 0.349 e. The van der Waals surface area contributed by atoms with Crippen molar-refractivity contribution in [3.05, 3.63) is 75.4 Å². The highest BCUT2D eigenvalue weighted by atomic mass is 16.2. The molecule has 3 aliphatic rings. The lowest BCUT2D eigenvalue weighted by molar-refractivity contribution is 0.578. The van der Waals surface area contributed by atoms with Crippen LogP contribution in [0, 0.1) is 0 Å². The molecule has 0 amide bonds. The largest absolute Gasteiger partial charge is 0.372 e. The predicted octanol–water partition coefficient (Wildman–Crippen LogP) is 3.17. The Morgan fingerprint density at radius 3 is 2.36 bits per heavy atom. The Kier molecular flexibility index (Phi) is 3.97. The topological polar surface area (TPSA) is 71.0 Å². The standard InChI is InChI=1S/C22H20N4O2/c27-21-18-14-15-6-2-3-7-19(15)26(20(18)23-22(28)24-21)17-10-8-16(9-11-17)25-12-4-1-5-13-25/h2-3,6-11,14H,1,4-5,12-13H2,(H,24,27,28). The van der Waals surface area contributed by atoms with E-state index < -0.39 is 11.2 Å². The molecule has 6 nitrogen and oxygen atoms in total. The highest BCUT2D eigenvalue weighted by Gasteiger charge is 2.18. The number of hydrogen-bond donors (Lipinski definition) is 1. The Morgan fingerprint density at radius 2 is 1.57 bits per heavy atom. The summed E-state index contributed by atoms with van der Waals surface area (Å²) in [5, 5.41) is 0.918. The maximum atomic E-state index is 12.4. The zero-order valence-electron chi connectivity index (χ0n) is 15.4. The van der Waals surface area contributed by atoms with Gasteiger partial charge in [0.05, 0.1) is 11.1 Å². The summed E-state index contributed by atoms with van der Waals surface area (Å²) in [6, 6.07) is 17.9. The van der Waals surface area contributed by atoms with Gasteiger partial charge in [0.15, 0.2) is 5.82 Å². The second-order valence-electron chi connectivity index (χ2n) is 7.21. The maximum absolute atomic E-state index is 12.4. The molecule has 2 aromatic rings. The van der Waals surface area contributed by atoms with E-state index in [9.17, 15) is 9.59 Å². The number of para-hydroxylation sites is 1. The van der Waals surface area contributed by atoms with Crippen molar-refractivity contribution in [2.24, 2.45) is 0 Å². The molecule has 3 aliphatic heterocycles. The molecule has 0 aliphatic carbocycles. The van der Waals surface area contributed by atoms with Crippen LogP contribution in [0.4, 0.5) is 5.69 Å². The Balaban J connectivity index is 1.72. The zero-order chi connectivity index (χ0) is 19.1. The van der Waals surface area contributed by atoms with Crippen LogP contribution in [0.25, 0.3) is 28.0 Å². The van der Waals surface area contributed by atoms with E-state index in [4.69, 9.17) is 0 Å². The SMILES string of the molecule is O=c1nc2n(-c3ccc(N4CCCCC4)cc3)c3ccccc3cc-2c(=O)[nH]1. The van der Waals surface area contributed by atoms with Crippen molar-refractivity contribution in [3.63, 3.8) is 0 Å². The first-order valence-corrected chi connectivity index (χ1v) is 9.61. The van der Waals surface area contributed by atoms with Crippen molar-refractivity contribution < 1.29 is 0 Å². The predicted molar refractivity (Wildman–Crippen MR) is 111 cm³/mol. The molecule has 0 radical (unpaired) electrons. The smallest absolute Gasteiger partial charge is 0.349 e. The Bertz CT molecular complexity index is 1230. The molecule has 1 fully saturated rings. The number of piperidine rings is 1. The van der Waals surface area contributed by atoms with Gasteiger partial charge in [-0.3, -0.25) is 14.3 Å². The van der Waals surface area contributed by atoms with Crippen molar-refractivity contribution >= 4 is 16.6 Å². The molecule has 0 bridgehead atoms. The minimum atomic E-state index is -0.633. The first kappa shape index (κ1) is 16.7. The summed E-state index contributed by atoms with van der Waals surface area (Å²) in [5.74, 6) is 0.373. The van der Waals surface area contributed by atoms with Crippen LogP contribution in [-0.4, -0.2) is 27.6 Å². The number of benzene rings is 2. The van der Waals surface area contributed by atoms with Crippen molar-refractivity contribution in [2.45, 2.75) is 19.3 Å². The molecule has 0 aromatic heterocycles. The van der Waals surface area contributed by atoms with Crippen LogP contribution in [0.2, 0.25) is 0 Å². The molecule has 140 valence electrons. The first-order valence-electron chi connectivity index (χ1n) is 9.61. The van der Waals surface area contributed by atoms with E-state index in [0.29, 0.717) is 11.4 Å². The van der Waals surface area contributed by atoms with Crippen LogP contribution in [0.15, 0.2) is 64.2 Å². The van der Waals surface area contributed by atoms with Crippen LogP contribution < -0.4 is 16.1 Å². The summed E-state index contributed by atoms with van der Waals surface area (Å²) >= 11 is 0. The summed E-state index contributed by atoms with van der Waals surface area (Å²) in [5.41, 5.74) is 2.33. The molecule has 3 heterocycles. The van der Waals surface area contributed by atoms with Gasteiger partial charge in [0.2, 0.25) is 0 Å². The average Bonchev–Trinajstić information content (AvgIpc) is 2.73. The lowest BCUT2D eigenvalue weighted by Crippen LogP contribution is -2.29. The number of fused-ring (bicyclic) bond motifs is 2. The summed E-state index contributed by atoms with van der Waals surface area (Å²) in [4.78, 5) is 33.1. The van der Waals surface area contributed by atoms with Gasteiger partial charge < -0.3 is 4.90 Å². The second kappa shape index (κ2) is 6.64. The molecule has 0 spiro atoms. The lowest BCUT2D eigenvalue weighted by Gasteiger charge is -2.29. The van der Waals surface area contributed by atoms with Gasteiger partial charge in [-0.05, 0) is 61.0 Å². The third kappa shape index (κ3) is 2.78. The number of aromatic amines is 1. The van der Waals surface area contributed by atoms with E-state index in [-0.39, 0.29) is 0 Å². The molecule has 0 atom stereocenters. The van der Waals surface area contributed by atoms with Crippen molar-refractivity contribution in [1.82, 2.24) is 14.5 Å². The number of H-pyrrole nitrogens is 1. The van der Waals surface area contributed by atoms with Gasteiger partial charge in [-0.1, -0.05) is 18.2 Å². The van der Waals surface area contributed by atoms with E-state index in [1.165, 1.54) is 24.9 Å². The zero-order valence-corrected chi connectivity index (χ0v) is 15.4. The fraction of sp³-hybridized carbons (Fsp3) is 0.227. The van der Waals surface area contributed by atoms with Gasteiger partial charge in [0, 0.05) is 24.5 Å². The monoisotopic (exact) mass is 372 g/mol. The number of pyridine rings is 1. The number of aromatic nitrogens is 3. The number of nitrogens with one attached hydrogen (secondary N) is 1. The van der Waals surface area contributed by atoms with Crippen LogP contribution in [0.1, 0.15) is 19.3 Å². The molecule has 2 aromatic carbocycles. The summed E-state index contributed by atoms with van der Waals surface area (Å²) < 4.78 is 1.89. The van der Waals surface area contributed by atoms with Gasteiger partial charge in [0.1, 0.15) is 0 Å². The van der Waals surface area contributed by atoms with E-state index in [2.05, 4.69) is 27.0 Å². The van der Waals surface area contributed by atoms with E-state index in [1.807, 2.05) is 41.0 Å². The first-order chi connectivity index (χ1) is 13.7. The van der Waals surface area contributed by atoms with Gasteiger partial charge in [-0.2, -0.15) is 4.98 Å². The van der Waals surface area contributed by atoms with Gasteiger partial charge in [-0.25, -0.2) is 4.79 Å². The van der Waals surface area contributed by atoms with Crippen LogP contribution in [-0.2, 0) is 0 Å². The number of hydrogen-bond acceptors (Lipinski definition) is 4. The molecular weight excluding hydrogens is 352 g/mol. The molecule has 1 N–H and O–H groups in total. The minimum Gasteiger partial charge on any atom is -0.372 e. The van der Waals surface area contributed by atoms with E-state index in [0.717, 1.165) is 29.7 Å². The fourth-order valence-electron chi connectivity index (χ4n) is 4.06. The normalized spacial score (nSPS) is 14.6. The third-order valence-electron chi connectivity index (χ3n) is 5.43. The summed E-state index contributed by atoms with van der Waals surface area (Å²) in [7, 11) is 0. The molecule has 6 heteroatoms. The highest BCUT2D eigenvalue weighted by molar-refractivity contribution is 5.87. The number of rotatable bonds is 2. The van der Waals surface area contributed by atoms with Gasteiger partial charge in [-0.15, -0.1) is 0 Å². The van der Waals surface area contributed by atoms with Crippen LogP contribution >= 0.6 is 0 Å². The molecular formula is C22H20N4O2. The minimum absolute atomic E-state index is 0.373. The van der Waals surface area contributed by atoms with Crippen molar-refractivity contribution in [2.75, 3.05) is 18.0 Å². The van der Waals surface area contributed by atoms with Crippen LogP contribution in [0.3, 0.4) is 0 Å². The molecule has 5 rings (SSSR count). The Labute approximate surface area is 161 Å². The Morgan fingerprint density at radius 1 is 0.857 bits per heavy atom. The average molecular weight is 372 g/mol. The van der Waals surface area contributed by atoms with E-state index in [1.54, 1.807) is 6.07 Å². The number of nitrogens with zero attached hydrogens (tertiary/aromatic N) is 3. The van der Waals surface area contributed by atoms with Crippen molar-refractivity contribution in [3.8, 4) is 17.1 Å². The summed E-state index contributed by atoms with van der Waals surface area (Å²) in [6.45, 7) is 2.17. The van der Waals surface area contributed by atoms with Crippen molar-refractivity contribution in [1.29, 1.82) is 0 Å². The fourth-order valence-corrected chi connectivity index (χ4v) is 4.06. The highest BCUT2D eigenvalue weighted by Crippen LogP contribution is 2.29. The molecule has 1 saturated heterocycles. The van der Waals surface area contributed by atoms with Gasteiger partial charge >= 0.3 is 5.69 Å². The summed E-state index contributed by atoms with van der Waals surface area (Å²) in [6.07, 6.45) is 3.75. The molecule has 0 saturated carbocycles. The number of anilines is 1. The second-order valence-corrected chi connectivity index (χ2v) is 7.21. The van der Waals surface area contributed by atoms with Gasteiger partial charge in [0.25, 0.3) is 5.56 Å². The molecule has 28 heavy (non-hydrogen) atoms. The quantitative estimate of drug-likeness (QED) is 0.549. The van der Waals surface area contributed by atoms with Crippen LogP contribution in [0.5, 0.6) is 0 Å². The third-order valence-corrected chi connectivity index (χ3v) is 5.43. The lowest BCUT2D eigenvalue weighted by atomic mass is 10.1. The molecule has 0 unspecified atom stereocenters. The Hall–Kier alpha value is -3.41.